The first-order valence-corrected chi connectivity index (χ1v) is 34.7. The zero-order chi connectivity index (χ0) is 64.5. The fraction of sp³-hybridized carbons (Fsp3) is 0.182. The van der Waals surface area contributed by atoms with Crippen molar-refractivity contribution in [3.63, 3.8) is 0 Å². The highest BCUT2D eigenvalue weighted by molar-refractivity contribution is 7.02. The van der Waals surface area contributed by atoms with E-state index in [4.69, 9.17) is 4.74 Å². The number of hydrogen-bond donors (Lipinski definition) is 0. The molecule has 2 aliphatic carbocycles. The normalized spacial score (nSPS) is 16.9. The molecule has 6 nitrogen and oxygen atoms in total. The third-order valence-corrected chi connectivity index (χ3v) is 23.6. The molecule has 0 spiro atoms. The quantitative estimate of drug-likeness (QED) is 0.161. The third kappa shape index (κ3) is 7.73. The summed E-state index contributed by atoms with van der Waals surface area (Å²) in [5.74, 6) is 1.76. The Morgan fingerprint density at radius 1 is 0.271 bits per heavy atom. The van der Waals surface area contributed by atoms with Crippen LogP contribution in [0.5, 0.6) is 11.5 Å². The van der Waals surface area contributed by atoms with E-state index in [1.165, 1.54) is 116 Å². The SMILES string of the molecule is CC1(C)CCC(C)(C)c2cc(N3c4cc5c(cc4B4c6cc7c(cc6N(c6ccccc6)c6cc(-n8c9ccccc9c9ccccc98)cc3c64)N(c3ccccc3)c3cc(-n4c6ccccc6c6ccccc64)cc4c3B7c3ccccc3O4)C(C)(C)CCC5(C)C)ccc21. The van der Waals surface area contributed by atoms with E-state index >= 15 is 0 Å². The fourth-order valence-corrected chi connectivity index (χ4v) is 18.6. The van der Waals surface area contributed by atoms with Gasteiger partial charge in [0.05, 0.1) is 33.4 Å². The predicted molar refractivity (Wildman–Crippen MR) is 406 cm³/mol. The Kier molecular flexibility index (Phi) is 11.4. The summed E-state index contributed by atoms with van der Waals surface area (Å²) in [6, 6.07) is 95.1. The molecule has 0 unspecified atom stereocenters. The molecule has 0 atom stereocenters. The van der Waals surface area contributed by atoms with Gasteiger partial charge in [-0.15, -0.1) is 0 Å². The van der Waals surface area contributed by atoms with Crippen LogP contribution >= 0.6 is 0 Å². The van der Waals surface area contributed by atoms with E-state index in [0.29, 0.717) is 0 Å². The van der Waals surface area contributed by atoms with E-state index in [1.807, 2.05) is 0 Å². The maximum absolute atomic E-state index is 7.38. The summed E-state index contributed by atoms with van der Waals surface area (Å²) in [7, 11) is 0. The molecule has 0 saturated heterocycles. The molecule has 12 aromatic carbocycles. The van der Waals surface area contributed by atoms with Crippen LogP contribution < -0.4 is 52.2 Å². The zero-order valence-electron chi connectivity index (χ0n) is 55.8. The second-order valence-corrected chi connectivity index (χ2v) is 30.9. The number of rotatable bonds is 5. The maximum Gasteiger partial charge on any atom is 0.256 e. The van der Waals surface area contributed by atoms with Gasteiger partial charge in [-0.05, 0) is 199 Å². The highest BCUT2D eigenvalue weighted by Gasteiger charge is 2.50. The predicted octanol–water partition coefficient (Wildman–Crippen LogP) is 19.1. The number of hydrogen-bond acceptors (Lipinski definition) is 4. The van der Waals surface area contributed by atoms with E-state index in [2.05, 4.69) is 328 Å². The van der Waals surface area contributed by atoms with E-state index < -0.39 is 0 Å². The lowest BCUT2D eigenvalue weighted by molar-refractivity contribution is 0.332. The van der Waals surface area contributed by atoms with Crippen molar-refractivity contribution in [1.82, 2.24) is 9.13 Å². The Balaban J connectivity index is 0.932. The molecule has 6 heterocycles. The molecule has 20 rings (SSSR count). The highest BCUT2D eigenvalue weighted by atomic mass is 16.5. The van der Waals surface area contributed by atoms with Crippen LogP contribution in [0.15, 0.2) is 249 Å². The summed E-state index contributed by atoms with van der Waals surface area (Å²) in [5.41, 5.74) is 30.7. The minimum absolute atomic E-state index is 0.0161. The van der Waals surface area contributed by atoms with Gasteiger partial charge in [0.1, 0.15) is 11.5 Å². The molecule has 462 valence electrons. The molecular formula is C88H73B2N5O. The number of ether oxygens (including phenoxy) is 1. The minimum Gasteiger partial charge on any atom is -0.458 e. The summed E-state index contributed by atoms with van der Waals surface area (Å²) < 4.78 is 12.4. The van der Waals surface area contributed by atoms with E-state index in [0.717, 1.165) is 82.3 Å². The van der Waals surface area contributed by atoms with Crippen LogP contribution in [-0.4, -0.2) is 22.6 Å². The summed E-state index contributed by atoms with van der Waals surface area (Å²) in [5, 5.41) is 4.94. The lowest BCUT2D eigenvalue weighted by Crippen LogP contribution is -2.65. The number of para-hydroxylation sites is 7. The van der Waals surface area contributed by atoms with Crippen LogP contribution in [0.1, 0.15) is 103 Å². The smallest absolute Gasteiger partial charge is 0.256 e. The first-order valence-electron chi connectivity index (χ1n) is 34.7. The molecule has 14 aromatic rings. The van der Waals surface area contributed by atoms with E-state index in [9.17, 15) is 0 Å². The first kappa shape index (κ1) is 56.0. The van der Waals surface area contributed by atoms with Gasteiger partial charge in [0.25, 0.3) is 13.4 Å². The Bertz CT molecular complexity index is 5590. The highest BCUT2D eigenvalue weighted by Crippen LogP contribution is 2.55. The van der Waals surface area contributed by atoms with Gasteiger partial charge < -0.3 is 28.6 Å². The Morgan fingerprint density at radius 3 is 1.18 bits per heavy atom. The zero-order valence-corrected chi connectivity index (χ0v) is 55.8. The molecule has 0 N–H and O–H groups in total. The minimum atomic E-state index is -0.174. The summed E-state index contributed by atoms with van der Waals surface area (Å²) in [6.45, 7) is 19.5. The van der Waals surface area contributed by atoms with Crippen molar-refractivity contribution in [2.75, 3.05) is 14.7 Å². The Morgan fingerprint density at radius 2 is 0.656 bits per heavy atom. The van der Waals surface area contributed by atoms with Crippen LogP contribution in [0.2, 0.25) is 0 Å². The van der Waals surface area contributed by atoms with Crippen molar-refractivity contribution in [2.45, 2.75) is 103 Å². The standard InChI is InChI=1S/C88H73B2N5O/c1-85(2)41-42-86(3,4)64-45-56(39-40-63(64)85)93-75-51-66-65(87(5,6)43-44-88(66,7)8)50-68(75)90-70-52-69-76(53-77(70)91(54-25-11-9-12-26-54)78-46-57(47-79(93)83(78)90)94-71-34-20-15-29-59(71)60-30-16-21-35-72(60)94)92(55-27-13-10-14-28-55)80-48-58(49-82-84(80)89(69)67-33-19-24-38-81(67)96-82)95-73-36-22-17-31-61(73)62-32-18-23-37-74(62)95/h9-40,45-53H,41-44H2,1-8H3. The lowest BCUT2D eigenvalue weighted by Gasteiger charge is -2.48. The molecule has 96 heavy (non-hydrogen) atoms. The molecule has 0 fully saturated rings. The monoisotopic (exact) mass is 1240 g/mol. The Hall–Kier alpha value is -10.4. The van der Waals surface area contributed by atoms with Crippen molar-refractivity contribution >= 4 is 141 Å². The molecule has 0 bridgehead atoms. The molecule has 0 radical (unpaired) electrons. The number of benzene rings is 12. The molecule has 6 aliphatic rings. The van der Waals surface area contributed by atoms with Crippen molar-refractivity contribution in [3.05, 3.63) is 271 Å². The first-order chi connectivity index (χ1) is 46.6. The number of nitrogens with zero attached hydrogens (tertiary/aromatic N) is 5. The maximum atomic E-state index is 7.38. The number of aromatic nitrogens is 2. The number of anilines is 9. The second-order valence-electron chi connectivity index (χ2n) is 30.9. The third-order valence-electron chi connectivity index (χ3n) is 23.6. The van der Waals surface area contributed by atoms with Gasteiger partial charge in [0.2, 0.25) is 0 Å². The van der Waals surface area contributed by atoms with Crippen molar-refractivity contribution in [1.29, 1.82) is 0 Å². The van der Waals surface area contributed by atoms with Gasteiger partial charge in [-0.2, -0.15) is 0 Å². The van der Waals surface area contributed by atoms with Crippen LogP contribution in [0.3, 0.4) is 0 Å². The van der Waals surface area contributed by atoms with Gasteiger partial charge in [-0.25, -0.2) is 0 Å². The van der Waals surface area contributed by atoms with Gasteiger partial charge in [0.15, 0.2) is 0 Å². The average Bonchev–Trinajstić information content (AvgIpc) is 0.757. The van der Waals surface area contributed by atoms with E-state index in [1.54, 1.807) is 0 Å². The Labute approximate surface area is 562 Å². The van der Waals surface area contributed by atoms with Crippen molar-refractivity contribution in [3.8, 4) is 22.9 Å². The summed E-state index contributed by atoms with van der Waals surface area (Å²) in [6.07, 6.45) is 4.52. The van der Waals surface area contributed by atoms with E-state index in [-0.39, 0.29) is 35.1 Å². The van der Waals surface area contributed by atoms with Crippen LogP contribution in [0.4, 0.5) is 51.2 Å². The summed E-state index contributed by atoms with van der Waals surface area (Å²) >= 11 is 0. The second kappa shape index (κ2) is 19.6. The number of fused-ring (bicyclic) bond motifs is 16. The van der Waals surface area contributed by atoms with Crippen LogP contribution in [0, 0.1) is 0 Å². The molecule has 2 aromatic heterocycles. The van der Waals surface area contributed by atoms with Crippen molar-refractivity contribution < 1.29 is 4.74 Å². The fourth-order valence-electron chi connectivity index (χ4n) is 18.6. The molecular weight excluding hydrogens is 1160 g/mol. The summed E-state index contributed by atoms with van der Waals surface area (Å²) in [4.78, 5) is 7.94. The van der Waals surface area contributed by atoms with Gasteiger partial charge in [0, 0.05) is 78.8 Å². The van der Waals surface area contributed by atoms with Gasteiger partial charge >= 0.3 is 0 Å². The average molecular weight is 1240 g/mol. The van der Waals surface area contributed by atoms with Crippen LogP contribution in [0.25, 0.3) is 55.0 Å². The van der Waals surface area contributed by atoms with Gasteiger partial charge in [-0.1, -0.05) is 201 Å². The van der Waals surface area contributed by atoms with Gasteiger partial charge in [-0.3, -0.25) is 0 Å². The molecule has 4 aliphatic heterocycles. The lowest BCUT2D eigenvalue weighted by atomic mass is 9.30. The molecule has 0 amide bonds. The topological polar surface area (TPSA) is 28.8 Å². The largest absolute Gasteiger partial charge is 0.458 e. The van der Waals surface area contributed by atoms with Crippen LogP contribution in [-0.2, 0) is 21.7 Å². The van der Waals surface area contributed by atoms with Crippen molar-refractivity contribution in [2.24, 2.45) is 0 Å². The molecule has 8 heteroatoms. The molecule has 0 saturated carbocycles.